The van der Waals surface area contributed by atoms with E-state index in [4.69, 9.17) is 10.8 Å². The number of hydrogen-bond donors (Lipinski definition) is 11. The number of aliphatic hydroxyl groups is 1. The third-order valence-electron chi connectivity index (χ3n) is 8.30. The number of phenols is 1. The largest absolute Gasteiger partial charge is 0.508 e. The maximum absolute atomic E-state index is 13.4. The van der Waals surface area contributed by atoms with Crippen molar-refractivity contribution in [3.63, 3.8) is 0 Å². The molecule has 0 aliphatic carbocycles. The fourth-order valence-electron chi connectivity index (χ4n) is 4.63. The molecule has 290 valence electrons. The zero-order valence-electron chi connectivity index (χ0n) is 29.8. The highest BCUT2D eigenvalue weighted by Gasteiger charge is 2.36. The number of hydrogen-bond acceptors (Lipinski definition) is 11. The Balaban J connectivity index is 3.25. The van der Waals surface area contributed by atoms with Crippen LogP contribution in [0.25, 0.3) is 0 Å². The van der Waals surface area contributed by atoms with E-state index < -0.39 is 109 Å². The SMILES string of the molecule is CC[C@H](C)[C@H](N)C(=O)N[C@H](C(=O)N[C@@H](CC(=O)O)C(=O)N[C@H](C(=O)N[C@@H](Cc1ccc(O)cc1)C(=O)NCC(=O)NCC(=O)O)[C@@H](C)O)[C@@H](C)CC. The van der Waals surface area contributed by atoms with Crippen molar-refractivity contribution in [2.75, 3.05) is 13.1 Å². The molecule has 0 fully saturated rings. The minimum absolute atomic E-state index is 0.0868. The van der Waals surface area contributed by atoms with E-state index in [-0.39, 0.29) is 18.1 Å². The molecule has 0 aliphatic heterocycles. The lowest BCUT2D eigenvalue weighted by molar-refractivity contribution is -0.142. The minimum atomic E-state index is -1.80. The molecule has 0 saturated heterocycles. The maximum Gasteiger partial charge on any atom is 0.322 e. The summed E-state index contributed by atoms with van der Waals surface area (Å²) in [4.78, 5) is 101. The molecule has 0 spiro atoms. The van der Waals surface area contributed by atoms with Crippen molar-refractivity contribution in [2.45, 2.75) is 96.6 Å². The van der Waals surface area contributed by atoms with E-state index in [2.05, 4.69) is 31.9 Å². The van der Waals surface area contributed by atoms with Crippen LogP contribution >= 0.6 is 0 Å². The average molecular weight is 738 g/mol. The van der Waals surface area contributed by atoms with Crippen molar-refractivity contribution in [3.05, 3.63) is 29.8 Å². The van der Waals surface area contributed by atoms with Crippen molar-refractivity contribution in [3.8, 4) is 5.75 Å². The number of carbonyl (C=O) groups is 8. The van der Waals surface area contributed by atoms with Crippen molar-refractivity contribution < 1.29 is 58.8 Å². The smallest absolute Gasteiger partial charge is 0.322 e. The number of aromatic hydroxyl groups is 1. The number of aliphatic carboxylic acids is 2. The summed E-state index contributed by atoms with van der Waals surface area (Å²) >= 11 is 0. The van der Waals surface area contributed by atoms with Crippen LogP contribution in [0.15, 0.2) is 24.3 Å². The summed E-state index contributed by atoms with van der Waals surface area (Å²) in [6, 6.07) is -1.65. The van der Waals surface area contributed by atoms with Crippen LogP contribution in [0.3, 0.4) is 0 Å². The van der Waals surface area contributed by atoms with Crippen LogP contribution in [0, 0.1) is 11.8 Å². The molecule has 0 aliphatic rings. The van der Waals surface area contributed by atoms with E-state index in [9.17, 15) is 53.7 Å². The fraction of sp³-hybridized carbons (Fsp3) is 0.576. The van der Waals surface area contributed by atoms with Gasteiger partial charge < -0.3 is 58.1 Å². The van der Waals surface area contributed by atoms with Gasteiger partial charge in [-0.1, -0.05) is 52.7 Å². The van der Waals surface area contributed by atoms with Gasteiger partial charge in [-0.15, -0.1) is 0 Å². The monoisotopic (exact) mass is 737 g/mol. The predicted octanol–water partition coefficient (Wildman–Crippen LogP) is -2.53. The number of phenolic OH excluding ortho intramolecular Hbond substituents is 1. The molecule has 1 rings (SSSR count). The van der Waals surface area contributed by atoms with Crippen LogP contribution in [0.2, 0.25) is 0 Å². The molecule has 1 aromatic rings. The second-order valence-corrected chi connectivity index (χ2v) is 12.5. The molecule has 19 heteroatoms. The van der Waals surface area contributed by atoms with E-state index >= 15 is 0 Å². The molecule has 19 nitrogen and oxygen atoms in total. The Hall–Kier alpha value is -5.30. The van der Waals surface area contributed by atoms with E-state index in [1.807, 2.05) is 6.92 Å². The molecule has 52 heavy (non-hydrogen) atoms. The number of carboxylic acids is 2. The van der Waals surface area contributed by atoms with Crippen LogP contribution in [0.1, 0.15) is 59.4 Å². The van der Waals surface area contributed by atoms with Crippen LogP contribution in [0.4, 0.5) is 0 Å². The third-order valence-corrected chi connectivity index (χ3v) is 8.30. The molecule has 8 atom stereocenters. The Morgan fingerprint density at radius 1 is 0.654 bits per heavy atom. The van der Waals surface area contributed by atoms with Gasteiger partial charge in [0.25, 0.3) is 0 Å². The lowest BCUT2D eigenvalue weighted by Gasteiger charge is -2.29. The number of carboxylic acid groups (broad SMARTS) is 2. The molecule has 0 aromatic heterocycles. The first-order valence-corrected chi connectivity index (χ1v) is 16.7. The number of carbonyl (C=O) groups excluding carboxylic acids is 6. The molecule has 0 bridgehead atoms. The Kier molecular flexibility index (Phi) is 18.8. The molecule has 6 amide bonds. The fourth-order valence-corrected chi connectivity index (χ4v) is 4.63. The second-order valence-electron chi connectivity index (χ2n) is 12.5. The Bertz CT molecular complexity index is 1420. The van der Waals surface area contributed by atoms with Gasteiger partial charge in [-0.05, 0) is 36.5 Å². The summed E-state index contributed by atoms with van der Waals surface area (Å²) in [6.45, 7) is 6.77. The highest BCUT2D eigenvalue weighted by molar-refractivity contribution is 5.97. The van der Waals surface area contributed by atoms with Gasteiger partial charge in [0.05, 0.1) is 25.1 Å². The number of benzene rings is 1. The lowest BCUT2D eigenvalue weighted by Crippen LogP contribution is -2.62. The minimum Gasteiger partial charge on any atom is -0.508 e. The first-order chi connectivity index (χ1) is 24.3. The molecule has 0 heterocycles. The van der Waals surface area contributed by atoms with Gasteiger partial charge in [0.2, 0.25) is 35.4 Å². The zero-order valence-corrected chi connectivity index (χ0v) is 29.8. The van der Waals surface area contributed by atoms with Crippen molar-refractivity contribution in [2.24, 2.45) is 17.6 Å². The van der Waals surface area contributed by atoms with Crippen LogP contribution in [0.5, 0.6) is 5.75 Å². The third kappa shape index (κ3) is 15.3. The van der Waals surface area contributed by atoms with Gasteiger partial charge in [-0.2, -0.15) is 0 Å². The van der Waals surface area contributed by atoms with E-state index in [1.54, 1.807) is 20.8 Å². The maximum atomic E-state index is 13.4. The first-order valence-electron chi connectivity index (χ1n) is 16.7. The highest BCUT2D eigenvalue weighted by atomic mass is 16.4. The van der Waals surface area contributed by atoms with Crippen molar-refractivity contribution in [1.82, 2.24) is 31.9 Å². The van der Waals surface area contributed by atoms with Gasteiger partial charge in [0.1, 0.15) is 36.5 Å². The molecule has 0 radical (unpaired) electrons. The summed E-state index contributed by atoms with van der Waals surface area (Å²) in [7, 11) is 0. The standard InChI is InChI=1S/C33H51N7O12/c1-6-16(3)26(34)31(50)39-27(17(4)7-2)32(51)38-22(13-24(44)45)30(49)40-28(18(5)41)33(52)37-21(12-19-8-10-20(42)11-9-19)29(48)36-14-23(43)35-15-25(46)47/h8-11,16-18,21-22,26-28,41-42H,6-7,12-15,34H2,1-5H3,(H,35,43)(H,36,48)(H,37,52)(H,38,51)(H,39,50)(H,40,49)(H,44,45)(H,46,47)/t16-,17-,18+,21-,22-,26-,27-,28-/m0/s1. The van der Waals surface area contributed by atoms with Crippen molar-refractivity contribution >= 4 is 47.4 Å². The Morgan fingerprint density at radius 3 is 1.71 bits per heavy atom. The summed E-state index contributed by atoms with van der Waals surface area (Å²) < 4.78 is 0. The zero-order chi connectivity index (χ0) is 39.7. The second kappa shape index (κ2) is 21.8. The molecule has 1 aromatic carbocycles. The van der Waals surface area contributed by atoms with Crippen LogP contribution in [-0.4, -0.2) is 117 Å². The normalized spacial score (nSPS) is 15.5. The van der Waals surface area contributed by atoms with E-state index in [0.717, 1.165) is 6.92 Å². The highest BCUT2D eigenvalue weighted by Crippen LogP contribution is 2.13. The van der Waals surface area contributed by atoms with Gasteiger partial charge >= 0.3 is 11.9 Å². The number of amides is 6. The van der Waals surface area contributed by atoms with Crippen molar-refractivity contribution in [1.29, 1.82) is 0 Å². The number of rotatable bonds is 22. The molecule has 12 N–H and O–H groups in total. The predicted molar refractivity (Wildman–Crippen MR) is 184 cm³/mol. The Morgan fingerprint density at radius 2 is 1.19 bits per heavy atom. The quantitative estimate of drug-likeness (QED) is 0.0586. The summed E-state index contributed by atoms with van der Waals surface area (Å²) in [6.07, 6.45) is -1.80. The Labute approximate surface area is 300 Å². The topological polar surface area (TPSA) is 316 Å². The lowest BCUT2D eigenvalue weighted by atomic mass is 9.95. The summed E-state index contributed by atoms with van der Waals surface area (Å²) in [5.41, 5.74) is 6.46. The van der Waals surface area contributed by atoms with Crippen LogP contribution < -0.4 is 37.6 Å². The van der Waals surface area contributed by atoms with Gasteiger partial charge in [-0.3, -0.25) is 38.4 Å². The first kappa shape index (κ1) is 44.7. The van der Waals surface area contributed by atoms with E-state index in [0.29, 0.717) is 18.4 Å². The van der Waals surface area contributed by atoms with Crippen LogP contribution in [-0.2, 0) is 44.8 Å². The molecule has 0 saturated carbocycles. The number of nitrogens with two attached hydrogens (primary N) is 1. The summed E-state index contributed by atoms with van der Waals surface area (Å²) in [5, 5.41) is 52.1. The van der Waals surface area contributed by atoms with E-state index in [1.165, 1.54) is 24.3 Å². The van der Waals surface area contributed by atoms with Gasteiger partial charge in [0, 0.05) is 6.42 Å². The molecule has 0 unspecified atom stereocenters. The van der Waals surface area contributed by atoms with Gasteiger partial charge in [0.15, 0.2) is 0 Å². The average Bonchev–Trinajstić information content (AvgIpc) is 3.09. The number of nitrogens with one attached hydrogen (secondary N) is 6. The molecular weight excluding hydrogens is 686 g/mol. The molecular formula is C33H51N7O12. The van der Waals surface area contributed by atoms with Gasteiger partial charge in [-0.25, -0.2) is 0 Å². The summed E-state index contributed by atoms with van der Waals surface area (Å²) in [5.74, 6) is -9.16. The number of aliphatic hydroxyl groups excluding tert-OH is 1.